The minimum absolute atomic E-state index is 0.123. The molecule has 3 N–H and O–H groups in total. The Hall–Kier alpha value is -4.11. The highest BCUT2D eigenvalue weighted by molar-refractivity contribution is 6.03. The second-order valence-electron chi connectivity index (χ2n) is 6.99. The third-order valence-electron chi connectivity index (χ3n) is 4.76. The first-order valence-corrected chi connectivity index (χ1v) is 9.71. The first-order valence-electron chi connectivity index (χ1n) is 9.71. The van der Waals surface area contributed by atoms with Crippen LogP contribution in [0.25, 0.3) is 5.69 Å². The number of aryl methyl sites for hydroxylation is 1. The summed E-state index contributed by atoms with van der Waals surface area (Å²) in [7, 11) is 0. The number of carbonyl (C=O) groups excluding carboxylic acids is 1. The van der Waals surface area contributed by atoms with Crippen molar-refractivity contribution in [1.29, 1.82) is 0 Å². The molecule has 4 rings (SSSR count). The van der Waals surface area contributed by atoms with Crippen molar-refractivity contribution >= 4 is 17.8 Å². The maximum absolute atomic E-state index is 14.0. The Balaban J connectivity index is 1.65. The van der Waals surface area contributed by atoms with E-state index in [2.05, 4.69) is 20.7 Å². The number of hydrogen-bond donors (Lipinski definition) is 3. The number of aliphatic hydroxyl groups excluding tert-OH is 1. The van der Waals surface area contributed by atoms with Crippen LogP contribution in [0.1, 0.15) is 27.7 Å². The molecule has 9 heteroatoms. The number of rotatable bonds is 6. The molecule has 0 spiro atoms. The van der Waals surface area contributed by atoms with E-state index in [1.165, 1.54) is 4.68 Å². The lowest BCUT2D eigenvalue weighted by atomic mass is 10.1. The van der Waals surface area contributed by atoms with Gasteiger partial charge in [-0.3, -0.25) is 10.1 Å². The van der Waals surface area contributed by atoms with E-state index in [9.17, 15) is 18.7 Å². The second kappa shape index (κ2) is 8.94. The highest BCUT2D eigenvalue weighted by Crippen LogP contribution is 2.23. The molecule has 0 saturated carbocycles. The molecule has 0 bridgehead atoms. The molecule has 0 fully saturated rings. The number of amides is 1. The third-order valence-corrected chi connectivity index (χ3v) is 4.76. The molecule has 0 aliphatic heterocycles. The van der Waals surface area contributed by atoms with E-state index in [0.29, 0.717) is 17.3 Å². The summed E-state index contributed by atoms with van der Waals surface area (Å²) in [6.45, 7) is 1.87. The van der Waals surface area contributed by atoms with Crippen LogP contribution >= 0.6 is 0 Å². The molecule has 162 valence electrons. The summed E-state index contributed by atoms with van der Waals surface area (Å²) in [5.74, 6) is -2.59. The molecule has 0 aliphatic carbocycles. The smallest absolute Gasteiger partial charge is 0.261 e. The fourth-order valence-electron chi connectivity index (χ4n) is 3.14. The molecule has 7 nitrogen and oxygen atoms in total. The van der Waals surface area contributed by atoms with Crippen LogP contribution in [0.5, 0.6) is 0 Å². The van der Waals surface area contributed by atoms with Gasteiger partial charge in [0.1, 0.15) is 11.6 Å². The highest BCUT2D eigenvalue weighted by atomic mass is 19.1. The van der Waals surface area contributed by atoms with Crippen molar-refractivity contribution < 1.29 is 18.7 Å². The zero-order valence-electron chi connectivity index (χ0n) is 17.0. The summed E-state index contributed by atoms with van der Waals surface area (Å²) in [5, 5.41) is 20.3. The predicted octanol–water partition coefficient (Wildman–Crippen LogP) is 4.21. The van der Waals surface area contributed by atoms with E-state index in [1.807, 2.05) is 25.1 Å². The second-order valence-corrected chi connectivity index (χ2v) is 6.99. The zero-order valence-corrected chi connectivity index (χ0v) is 17.0. The number of anilines is 2. The lowest BCUT2D eigenvalue weighted by molar-refractivity contribution is 0.102. The van der Waals surface area contributed by atoms with Gasteiger partial charge in [0.05, 0.1) is 11.3 Å². The number of hydrogen-bond acceptors (Lipinski definition) is 5. The summed E-state index contributed by atoms with van der Waals surface area (Å²) in [5.41, 5.74) is 1.79. The zero-order chi connectivity index (χ0) is 22.7. The Morgan fingerprint density at radius 2 is 1.75 bits per heavy atom. The molecule has 1 unspecified atom stereocenters. The Morgan fingerprint density at radius 3 is 2.47 bits per heavy atom. The number of benzene rings is 3. The number of para-hydroxylation sites is 1. The highest BCUT2D eigenvalue weighted by Gasteiger charge is 2.20. The molecular formula is C23H19F2N5O2. The molecule has 1 amide bonds. The molecule has 4 aromatic rings. The van der Waals surface area contributed by atoms with Crippen molar-refractivity contribution in [3.05, 3.63) is 101 Å². The fourth-order valence-corrected chi connectivity index (χ4v) is 3.14. The number of aliphatic hydroxyl groups is 1. The van der Waals surface area contributed by atoms with Crippen molar-refractivity contribution in [1.82, 2.24) is 14.8 Å². The van der Waals surface area contributed by atoms with E-state index in [1.54, 1.807) is 36.4 Å². The Labute approximate surface area is 182 Å². The number of aromatic nitrogens is 3. The number of nitrogens with zero attached hydrogens (tertiary/aromatic N) is 3. The predicted molar refractivity (Wildman–Crippen MR) is 115 cm³/mol. The normalized spacial score (nSPS) is 11.8. The molecule has 32 heavy (non-hydrogen) atoms. The van der Waals surface area contributed by atoms with Crippen LogP contribution in [-0.4, -0.2) is 25.8 Å². The van der Waals surface area contributed by atoms with Crippen LogP contribution in [-0.2, 0) is 0 Å². The average molecular weight is 435 g/mol. The number of carbonyl (C=O) groups is 1. The van der Waals surface area contributed by atoms with Crippen LogP contribution in [0.15, 0.2) is 72.8 Å². The van der Waals surface area contributed by atoms with Crippen LogP contribution in [0.4, 0.5) is 20.7 Å². The standard InChI is InChI=1S/C23H19F2N5O2/c1-14-7-5-6-10-17(14)20(31)27-23-28-22(29-30(23)16-8-3-2-4-9-16)26-21(32)18-12-11-15(24)13-19(18)25/h2-13,20,31H,1H3,(H2,26,27,28,29,32). The summed E-state index contributed by atoms with van der Waals surface area (Å²) in [6, 6.07) is 18.9. The van der Waals surface area contributed by atoms with E-state index >= 15 is 0 Å². The van der Waals surface area contributed by atoms with Gasteiger partial charge in [-0.25, -0.2) is 8.78 Å². The maximum Gasteiger partial charge on any atom is 0.261 e. The van der Waals surface area contributed by atoms with Gasteiger partial charge in [-0.05, 0) is 36.8 Å². The molecule has 1 aromatic heterocycles. The largest absolute Gasteiger partial charge is 0.369 e. The van der Waals surface area contributed by atoms with Gasteiger partial charge in [0.2, 0.25) is 5.95 Å². The Bertz CT molecular complexity index is 1260. The van der Waals surface area contributed by atoms with Gasteiger partial charge < -0.3 is 10.4 Å². The first-order chi connectivity index (χ1) is 15.4. The van der Waals surface area contributed by atoms with Crippen molar-refractivity contribution in [3.63, 3.8) is 0 Å². The Morgan fingerprint density at radius 1 is 1.03 bits per heavy atom. The quantitative estimate of drug-likeness (QED) is 0.395. The fraction of sp³-hybridized carbons (Fsp3) is 0.0870. The topological polar surface area (TPSA) is 92.1 Å². The molecule has 0 aliphatic rings. The molecular weight excluding hydrogens is 416 g/mol. The van der Waals surface area contributed by atoms with Crippen LogP contribution in [0.3, 0.4) is 0 Å². The molecule has 1 atom stereocenters. The van der Waals surface area contributed by atoms with Gasteiger partial charge in [0.25, 0.3) is 11.9 Å². The van der Waals surface area contributed by atoms with Crippen LogP contribution in [0.2, 0.25) is 0 Å². The van der Waals surface area contributed by atoms with Crippen LogP contribution in [0, 0.1) is 18.6 Å². The van der Waals surface area contributed by atoms with E-state index in [4.69, 9.17) is 0 Å². The molecule has 0 radical (unpaired) electrons. The SMILES string of the molecule is Cc1ccccc1C(O)Nc1nc(NC(=O)c2ccc(F)cc2F)nn1-c1ccccc1. The minimum atomic E-state index is -1.10. The lowest BCUT2D eigenvalue weighted by Crippen LogP contribution is -2.15. The van der Waals surface area contributed by atoms with Crippen molar-refractivity contribution in [3.8, 4) is 5.69 Å². The maximum atomic E-state index is 14.0. The van der Waals surface area contributed by atoms with Gasteiger partial charge in [0, 0.05) is 11.6 Å². The van der Waals surface area contributed by atoms with Gasteiger partial charge in [-0.15, -0.1) is 5.10 Å². The van der Waals surface area contributed by atoms with Crippen LogP contribution < -0.4 is 10.6 Å². The molecule has 0 saturated heterocycles. The van der Waals surface area contributed by atoms with Gasteiger partial charge in [-0.1, -0.05) is 42.5 Å². The van der Waals surface area contributed by atoms with E-state index in [-0.39, 0.29) is 17.5 Å². The van der Waals surface area contributed by atoms with E-state index in [0.717, 1.165) is 17.7 Å². The first kappa shape index (κ1) is 21.1. The number of nitrogens with one attached hydrogen (secondary N) is 2. The number of halogens is 2. The van der Waals surface area contributed by atoms with Crippen molar-refractivity contribution in [2.24, 2.45) is 0 Å². The molecule has 3 aromatic carbocycles. The summed E-state index contributed by atoms with van der Waals surface area (Å²) in [6.07, 6.45) is -1.10. The van der Waals surface area contributed by atoms with Gasteiger partial charge in [-0.2, -0.15) is 9.67 Å². The van der Waals surface area contributed by atoms with Crippen molar-refractivity contribution in [2.75, 3.05) is 10.6 Å². The van der Waals surface area contributed by atoms with Gasteiger partial charge in [0.15, 0.2) is 6.23 Å². The minimum Gasteiger partial charge on any atom is -0.369 e. The monoisotopic (exact) mass is 435 g/mol. The van der Waals surface area contributed by atoms with E-state index < -0.39 is 23.8 Å². The summed E-state index contributed by atoms with van der Waals surface area (Å²) in [4.78, 5) is 16.7. The molecule has 1 heterocycles. The Kier molecular flexibility index (Phi) is 5.91. The van der Waals surface area contributed by atoms with Gasteiger partial charge >= 0.3 is 0 Å². The summed E-state index contributed by atoms with van der Waals surface area (Å²) >= 11 is 0. The van der Waals surface area contributed by atoms with Crippen molar-refractivity contribution in [2.45, 2.75) is 13.2 Å². The average Bonchev–Trinajstić information content (AvgIpc) is 3.16. The lowest BCUT2D eigenvalue weighted by Gasteiger charge is -2.16. The third kappa shape index (κ3) is 4.47. The summed E-state index contributed by atoms with van der Waals surface area (Å²) < 4.78 is 28.5.